The molecule has 0 saturated carbocycles. The highest BCUT2D eigenvalue weighted by Crippen LogP contribution is 2.17. The Balaban J connectivity index is 3.94. The molecule has 0 spiro atoms. The van der Waals surface area contributed by atoms with E-state index in [0.717, 1.165) is 44.9 Å². The highest BCUT2D eigenvalue weighted by molar-refractivity contribution is 5.73. The zero-order valence-corrected chi connectivity index (χ0v) is 15.4. The first-order valence-corrected chi connectivity index (χ1v) is 9.45. The second-order valence-corrected chi connectivity index (χ2v) is 6.27. The van der Waals surface area contributed by atoms with Gasteiger partial charge in [0.25, 0.3) is 0 Å². The van der Waals surface area contributed by atoms with Gasteiger partial charge in [-0.3, -0.25) is 9.59 Å². The first kappa shape index (κ1) is 21.9. The van der Waals surface area contributed by atoms with Gasteiger partial charge in [0, 0.05) is 12.8 Å². The number of ether oxygens (including phenoxy) is 2. The van der Waals surface area contributed by atoms with Crippen molar-refractivity contribution in [3.05, 3.63) is 0 Å². The normalized spacial score (nSPS) is 12.0. The summed E-state index contributed by atoms with van der Waals surface area (Å²) in [4.78, 5) is 23.7. The first-order chi connectivity index (χ1) is 11.1. The molecule has 0 aliphatic rings. The van der Waals surface area contributed by atoms with Crippen molar-refractivity contribution in [1.29, 1.82) is 0 Å². The summed E-state index contributed by atoms with van der Waals surface area (Å²) >= 11 is 0. The second kappa shape index (κ2) is 15.8. The van der Waals surface area contributed by atoms with Gasteiger partial charge in [0.15, 0.2) is 0 Å². The van der Waals surface area contributed by atoms with Crippen LogP contribution in [0.1, 0.15) is 91.4 Å². The third-order valence-corrected chi connectivity index (χ3v) is 3.88. The van der Waals surface area contributed by atoms with Crippen LogP contribution >= 0.6 is 0 Å². The maximum Gasteiger partial charge on any atom is 0.306 e. The van der Waals surface area contributed by atoms with Crippen LogP contribution in [-0.4, -0.2) is 25.2 Å². The lowest BCUT2D eigenvalue weighted by Crippen LogP contribution is -2.17. The van der Waals surface area contributed by atoms with Crippen LogP contribution in [0.3, 0.4) is 0 Å². The fourth-order valence-corrected chi connectivity index (χ4v) is 2.53. The van der Waals surface area contributed by atoms with Gasteiger partial charge in [-0.25, -0.2) is 0 Å². The highest BCUT2D eigenvalue weighted by atomic mass is 16.5. The summed E-state index contributed by atoms with van der Waals surface area (Å²) in [5.74, 6) is -0.323. The van der Waals surface area contributed by atoms with Crippen molar-refractivity contribution in [3.8, 4) is 0 Å². The average molecular weight is 328 g/mol. The van der Waals surface area contributed by atoms with Gasteiger partial charge < -0.3 is 9.47 Å². The van der Waals surface area contributed by atoms with Crippen molar-refractivity contribution < 1.29 is 19.1 Å². The minimum absolute atomic E-state index is 0.0433. The van der Waals surface area contributed by atoms with Gasteiger partial charge in [0.1, 0.15) is 0 Å². The summed E-state index contributed by atoms with van der Waals surface area (Å²) in [6, 6.07) is 0. The van der Waals surface area contributed by atoms with E-state index in [2.05, 4.69) is 20.8 Å². The van der Waals surface area contributed by atoms with Gasteiger partial charge in [-0.15, -0.1) is 0 Å². The molecule has 1 atom stereocenters. The minimum Gasteiger partial charge on any atom is -0.466 e. The standard InChI is InChI=1S/C19H36O4/c1-4-7-9-11-14-23-19(21)16-17(12-6-3)15-18(20)22-13-10-8-5-2/h17H,4-16H2,1-3H3. The number of hydrogen-bond acceptors (Lipinski definition) is 4. The van der Waals surface area contributed by atoms with Crippen molar-refractivity contribution in [2.45, 2.75) is 91.4 Å². The molecule has 0 aliphatic carbocycles. The average Bonchev–Trinajstić information content (AvgIpc) is 2.51. The Morgan fingerprint density at radius 3 is 1.65 bits per heavy atom. The minimum atomic E-state index is -0.185. The largest absolute Gasteiger partial charge is 0.466 e. The van der Waals surface area contributed by atoms with Crippen molar-refractivity contribution in [2.24, 2.45) is 5.92 Å². The number of rotatable bonds is 15. The Labute approximate surface area is 142 Å². The predicted octanol–water partition coefficient (Wildman–Crippen LogP) is 5.04. The van der Waals surface area contributed by atoms with E-state index in [-0.39, 0.29) is 17.9 Å². The van der Waals surface area contributed by atoms with Gasteiger partial charge in [0.2, 0.25) is 0 Å². The molecular weight excluding hydrogens is 292 g/mol. The Morgan fingerprint density at radius 1 is 0.696 bits per heavy atom. The topological polar surface area (TPSA) is 52.6 Å². The summed E-state index contributed by atoms with van der Waals surface area (Å²) < 4.78 is 10.5. The molecular formula is C19H36O4. The third-order valence-electron chi connectivity index (χ3n) is 3.88. The lowest BCUT2D eigenvalue weighted by Gasteiger charge is -2.15. The summed E-state index contributed by atoms with van der Waals surface area (Å²) in [6.07, 6.45) is 9.95. The Hall–Kier alpha value is -1.06. The van der Waals surface area contributed by atoms with Gasteiger partial charge in [-0.05, 0) is 25.2 Å². The molecule has 4 nitrogen and oxygen atoms in total. The molecule has 136 valence electrons. The van der Waals surface area contributed by atoms with Crippen LogP contribution < -0.4 is 0 Å². The Kier molecular flexibility index (Phi) is 15.1. The number of esters is 2. The third kappa shape index (κ3) is 14.3. The molecule has 0 saturated heterocycles. The summed E-state index contributed by atoms with van der Waals surface area (Å²) in [6.45, 7) is 7.33. The van der Waals surface area contributed by atoms with Crippen molar-refractivity contribution in [2.75, 3.05) is 13.2 Å². The van der Waals surface area contributed by atoms with Crippen LogP contribution in [0.5, 0.6) is 0 Å². The molecule has 0 N–H and O–H groups in total. The van der Waals surface area contributed by atoms with E-state index in [0.29, 0.717) is 26.1 Å². The Morgan fingerprint density at radius 2 is 1.17 bits per heavy atom. The molecule has 0 aromatic heterocycles. The van der Waals surface area contributed by atoms with Gasteiger partial charge in [0.05, 0.1) is 13.2 Å². The second-order valence-electron chi connectivity index (χ2n) is 6.27. The van der Waals surface area contributed by atoms with Crippen LogP contribution in [-0.2, 0) is 19.1 Å². The summed E-state index contributed by atoms with van der Waals surface area (Å²) in [5.41, 5.74) is 0. The summed E-state index contributed by atoms with van der Waals surface area (Å²) in [5, 5.41) is 0. The molecule has 0 amide bonds. The molecule has 0 heterocycles. The van der Waals surface area contributed by atoms with Crippen LogP contribution in [0.25, 0.3) is 0 Å². The zero-order valence-electron chi connectivity index (χ0n) is 15.4. The molecule has 23 heavy (non-hydrogen) atoms. The monoisotopic (exact) mass is 328 g/mol. The summed E-state index contributed by atoms with van der Waals surface area (Å²) in [7, 11) is 0. The lowest BCUT2D eigenvalue weighted by atomic mass is 9.96. The lowest BCUT2D eigenvalue weighted by molar-refractivity contribution is -0.147. The van der Waals surface area contributed by atoms with E-state index in [1.165, 1.54) is 12.8 Å². The molecule has 0 aromatic carbocycles. The first-order valence-electron chi connectivity index (χ1n) is 9.45. The van der Waals surface area contributed by atoms with E-state index in [4.69, 9.17) is 9.47 Å². The van der Waals surface area contributed by atoms with E-state index in [1.54, 1.807) is 0 Å². The predicted molar refractivity (Wildman–Crippen MR) is 93.2 cm³/mol. The van der Waals surface area contributed by atoms with Crippen molar-refractivity contribution in [1.82, 2.24) is 0 Å². The number of carbonyl (C=O) groups excluding carboxylic acids is 2. The molecule has 1 unspecified atom stereocenters. The van der Waals surface area contributed by atoms with Gasteiger partial charge in [-0.2, -0.15) is 0 Å². The van der Waals surface area contributed by atoms with E-state index >= 15 is 0 Å². The number of unbranched alkanes of at least 4 members (excludes halogenated alkanes) is 5. The SMILES string of the molecule is CCCCCCOC(=O)CC(CCC)CC(=O)OCCCCC. The van der Waals surface area contributed by atoms with E-state index < -0.39 is 0 Å². The molecule has 0 fully saturated rings. The quantitative estimate of drug-likeness (QED) is 0.312. The number of hydrogen-bond donors (Lipinski definition) is 0. The molecule has 0 bridgehead atoms. The fourth-order valence-electron chi connectivity index (χ4n) is 2.53. The molecule has 4 heteroatoms. The fraction of sp³-hybridized carbons (Fsp3) is 0.895. The van der Waals surface area contributed by atoms with Gasteiger partial charge in [-0.1, -0.05) is 59.3 Å². The van der Waals surface area contributed by atoms with E-state index in [9.17, 15) is 9.59 Å². The van der Waals surface area contributed by atoms with Crippen LogP contribution in [0.15, 0.2) is 0 Å². The van der Waals surface area contributed by atoms with Crippen LogP contribution in [0.2, 0.25) is 0 Å². The smallest absolute Gasteiger partial charge is 0.306 e. The Bertz CT molecular complexity index is 302. The molecule has 0 aromatic rings. The maximum absolute atomic E-state index is 11.9. The van der Waals surface area contributed by atoms with Crippen molar-refractivity contribution >= 4 is 11.9 Å². The molecule has 0 rings (SSSR count). The van der Waals surface area contributed by atoms with Crippen LogP contribution in [0.4, 0.5) is 0 Å². The van der Waals surface area contributed by atoms with Crippen molar-refractivity contribution in [3.63, 3.8) is 0 Å². The zero-order chi connectivity index (χ0) is 17.3. The molecule has 0 radical (unpaired) electrons. The van der Waals surface area contributed by atoms with Gasteiger partial charge >= 0.3 is 11.9 Å². The highest BCUT2D eigenvalue weighted by Gasteiger charge is 2.18. The number of carbonyl (C=O) groups is 2. The molecule has 0 aliphatic heterocycles. The van der Waals surface area contributed by atoms with Crippen LogP contribution in [0, 0.1) is 5.92 Å². The maximum atomic E-state index is 11.9. The van der Waals surface area contributed by atoms with E-state index in [1.807, 2.05) is 0 Å².